The van der Waals surface area contributed by atoms with Crippen LogP contribution in [0.15, 0.2) is 41.9 Å². The minimum atomic E-state index is 0. The molecule has 0 atom stereocenters. The van der Waals surface area contributed by atoms with E-state index in [1.807, 2.05) is 29.2 Å². The lowest BCUT2D eigenvalue weighted by Gasteiger charge is -2.22. The predicted molar refractivity (Wildman–Crippen MR) is 125 cm³/mol. The van der Waals surface area contributed by atoms with Crippen molar-refractivity contribution in [3.05, 3.63) is 42.5 Å². The van der Waals surface area contributed by atoms with Gasteiger partial charge in [-0.25, -0.2) is 0 Å². The Morgan fingerprint density at radius 2 is 2.15 bits per heavy atom. The largest absolute Gasteiger partial charge is 0.357 e. The summed E-state index contributed by atoms with van der Waals surface area (Å²) >= 11 is 0. The van der Waals surface area contributed by atoms with Crippen molar-refractivity contribution in [2.45, 2.75) is 39.0 Å². The van der Waals surface area contributed by atoms with Crippen molar-refractivity contribution in [2.24, 2.45) is 4.99 Å². The van der Waals surface area contributed by atoms with Gasteiger partial charge in [-0.2, -0.15) is 0 Å². The van der Waals surface area contributed by atoms with E-state index in [0.717, 1.165) is 57.0 Å². The van der Waals surface area contributed by atoms with Crippen molar-refractivity contribution in [2.75, 3.05) is 38.1 Å². The second-order valence-electron chi connectivity index (χ2n) is 6.62. The number of carbonyl (C=O) groups excluding carboxylic acids is 1. The van der Waals surface area contributed by atoms with Gasteiger partial charge in [0.15, 0.2) is 5.96 Å². The van der Waals surface area contributed by atoms with Gasteiger partial charge >= 0.3 is 0 Å². The molecule has 1 heterocycles. The van der Waals surface area contributed by atoms with Crippen LogP contribution >= 0.6 is 24.0 Å². The molecule has 1 aliphatic heterocycles. The van der Waals surface area contributed by atoms with Gasteiger partial charge in [0, 0.05) is 45.3 Å². The summed E-state index contributed by atoms with van der Waals surface area (Å²) in [7, 11) is 2.05. The van der Waals surface area contributed by atoms with Crippen molar-refractivity contribution in [1.29, 1.82) is 0 Å². The number of para-hydroxylation sites is 1. The van der Waals surface area contributed by atoms with E-state index in [4.69, 9.17) is 0 Å². The van der Waals surface area contributed by atoms with Crippen LogP contribution < -0.4 is 10.2 Å². The van der Waals surface area contributed by atoms with Gasteiger partial charge in [-0.05, 0) is 44.2 Å². The fourth-order valence-electron chi connectivity index (χ4n) is 3.20. The molecule has 0 bridgehead atoms. The molecule has 0 unspecified atom stereocenters. The number of anilines is 1. The van der Waals surface area contributed by atoms with Crippen LogP contribution in [0.25, 0.3) is 0 Å². The molecule has 0 saturated heterocycles. The zero-order chi connectivity index (χ0) is 18.8. The molecule has 1 N–H and O–H groups in total. The van der Waals surface area contributed by atoms with Crippen LogP contribution in [0.3, 0.4) is 0 Å². The molecule has 1 aromatic carbocycles. The van der Waals surface area contributed by atoms with Crippen molar-refractivity contribution < 1.29 is 4.79 Å². The van der Waals surface area contributed by atoms with Crippen LogP contribution in [-0.2, 0) is 11.2 Å². The smallest absolute Gasteiger partial charge is 0.227 e. The van der Waals surface area contributed by atoms with Crippen LogP contribution in [0.4, 0.5) is 5.69 Å². The SMILES string of the molecule is C=CCCCN(C)C(=NCCCC(=O)N1CCc2ccccc21)NCC.I. The molecule has 27 heavy (non-hydrogen) atoms. The Morgan fingerprint density at radius 1 is 1.37 bits per heavy atom. The summed E-state index contributed by atoms with van der Waals surface area (Å²) in [5.41, 5.74) is 2.35. The summed E-state index contributed by atoms with van der Waals surface area (Å²) in [6.07, 6.45) is 6.29. The Bertz CT molecular complexity index is 632. The quantitative estimate of drug-likeness (QED) is 0.191. The second kappa shape index (κ2) is 12.8. The highest BCUT2D eigenvalue weighted by Gasteiger charge is 2.23. The first-order valence-electron chi connectivity index (χ1n) is 9.66. The number of halogens is 1. The minimum absolute atomic E-state index is 0. The lowest BCUT2D eigenvalue weighted by molar-refractivity contribution is -0.118. The highest BCUT2D eigenvalue weighted by molar-refractivity contribution is 14.0. The van der Waals surface area contributed by atoms with E-state index in [2.05, 4.69) is 41.8 Å². The molecular weight excluding hydrogens is 451 g/mol. The summed E-state index contributed by atoms with van der Waals surface area (Å²) in [4.78, 5) is 21.3. The van der Waals surface area contributed by atoms with E-state index in [1.165, 1.54) is 5.56 Å². The average Bonchev–Trinajstić information content (AvgIpc) is 3.08. The topological polar surface area (TPSA) is 47.9 Å². The zero-order valence-electron chi connectivity index (χ0n) is 16.6. The number of benzene rings is 1. The van der Waals surface area contributed by atoms with Crippen LogP contribution in [0, 0.1) is 0 Å². The number of hydrogen-bond donors (Lipinski definition) is 1. The maximum atomic E-state index is 12.5. The van der Waals surface area contributed by atoms with Crippen molar-refractivity contribution in [3.8, 4) is 0 Å². The summed E-state index contributed by atoms with van der Waals surface area (Å²) < 4.78 is 0. The number of amides is 1. The molecule has 0 radical (unpaired) electrons. The monoisotopic (exact) mass is 484 g/mol. The molecule has 2 rings (SSSR count). The van der Waals surface area contributed by atoms with E-state index in [0.29, 0.717) is 13.0 Å². The van der Waals surface area contributed by atoms with Gasteiger partial charge in [0.25, 0.3) is 0 Å². The van der Waals surface area contributed by atoms with Crippen LogP contribution in [0.5, 0.6) is 0 Å². The fourth-order valence-corrected chi connectivity index (χ4v) is 3.20. The molecule has 150 valence electrons. The van der Waals surface area contributed by atoms with Gasteiger partial charge < -0.3 is 15.1 Å². The molecule has 0 fully saturated rings. The van der Waals surface area contributed by atoms with E-state index >= 15 is 0 Å². The number of unbranched alkanes of at least 4 members (excludes halogenated alkanes) is 1. The number of nitrogens with zero attached hydrogens (tertiary/aromatic N) is 3. The van der Waals surface area contributed by atoms with E-state index < -0.39 is 0 Å². The molecule has 6 heteroatoms. The molecule has 5 nitrogen and oxygen atoms in total. The van der Waals surface area contributed by atoms with Gasteiger partial charge in [0.2, 0.25) is 5.91 Å². The third-order valence-electron chi connectivity index (χ3n) is 4.60. The fraction of sp³-hybridized carbons (Fsp3) is 0.524. The third-order valence-corrected chi connectivity index (χ3v) is 4.60. The number of hydrogen-bond acceptors (Lipinski definition) is 2. The first-order chi connectivity index (χ1) is 12.7. The van der Waals surface area contributed by atoms with Gasteiger partial charge in [-0.15, -0.1) is 30.6 Å². The maximum Gasteiger partial charge on any atom is 0.227 e. The molecular formula is C21H33IN4O. The summed E-state index contributed by atoms with van der Waals surface area (Å²) in [6, 6.07) is 8.19. The molecule has 1 aromatic rings. The number of aliphatic imine (C=N–C) groups is 1. The van der Waals surface area contributed by atoms with E-state index in [-0.39, 0.29) is 29.9 Å². The average molecular weight is 484 g/mol. The minimum Gasteiger partial charge on any atom is -0.357 e. The zero-order valence-corrected chi connectivity index (χ0v) is 18.9. The number of guanidine groups is 1. The lowest BCUT2D eigenvalue weighted by atomic mass is 10.2. The van der Waals surface area contributed by atoms with Crippen molar-refractivity contribution in [1.82, 2.24) is 10.2 Å². The Balaban J connectivity index is 0.00000364. The highest BCUT2D eigenvalue weighted by Crippen LogP contribution is 2.27. The standard InChI is InChI=1S/C21H32N4O.HI/c1-4-6-9-16-24(3)21(22-5-2)23-15-10-13-20(26)25-17-14-18-11-7-8-12-19(18)25;/h4,7-8,11-12H,1,5-6,9-10,13-17H2,2-3H3,(H,22,23);1H. The number of rotatable bonds is 9. The van der Waals surface area contributed by atoms with Gasteiger partial charge in [-0.1, -0.05) is 24.3 Å². The predicted octanol–water partition coefficient (Wildman–Crippen LogP) is 3.84. The van der Waals surface area contributed by atoms with Gasteiger partial charge in [0.1, 0.15) is 0 Å². The summed E-state index contributed by atoms with van der Waals surface area (Å²) in [5.74, 6) is 1.12. The van der Waals surface area contributed by atoms with Crippen LogP contribution in [0.2, 0.25) is 0 Å². The van der Waals surface area contributed by atoms with Crippen molar-refractivity contribution in [3.63, 3.8) is 0 Å². The molecule has 0 aromatic heterocycles. The Labute approximate surface area is 180 Å². The Kier molecular flexibility index (Phi) is 11.1. The molecule has 0 saturated carbocycles. The third kappa shape index (κ3) is 7.16. The normalized spacial score (nSPS) is 13.0. The first-order valence-corrected chi connectivity index (χ1v) is 9.66. The van der Waals surface area contributed by atoms with Gasteiger partial charge in [-0.3, -0.25) is 9.79 Å². The first kappa shape index (κ1) is 23.5. The number of carbonyl (C=O) groups is 1. The number of nitrogens with one attached hydrogen (secondary N) is 1. The molecule has 1 aliphatic rings. The molecule has 1 amide bonds. The Hall–Kier alpha value is -1.57. The highest BCUT2D eigenvalue weighted by atomic mass is 127. The summed E-state index contributed by atoms with van der Waals surface area (Å²) in [6.45, 7) is 9.08. The van der Waals surface area contributed by atoms with Crippen molar-refractivity contribution >= 4 is 41.5 Å². The van der Waals surface area contributed by atoms with Crippen LogP contribution in [-0.4, -0.2) is 50.0 Å². The lowest BCUT2D eigenvalue weighted by Crippen LogP contribution is -2.39. The molecule has 0 aliphatic carbocycles. The maximum absolute atomic E-state index is 12.5. The molecule has 0 spiro atoms. The summed E-state index contributed by atoms with van der Waals surface area (Å²) in [5, 5.41) is 3.32. The van der Waals surface area contributed by atoms with Gasteiger partial charge in [0.05, 0.1) is 0 Å². The van der Waals surface area contributed by atoms with E-state index in [1.54, 1.807) is 0 Å². The Morgan fingerprint density at radius 3 is 2.89 bits per heavy atom. The second-order valence-corrected chi connectivity index (χ2v) is 6.62. The number of fused-ring (bicyclic) bond motifs is 1. The number of allylic oxidation sites excluding steroid dienone is 1. The van der Waals surface area contributed by atoms with E-state index in [9.17, 15) is 4.79 Å². The van der Waals surface area contributed by atoms with Crippen LogP contribution in [0.1, 0.15) is 38.2 Å².